The first-order valence-electron chi connectivity index (χ1n) is 10.1. The minimum atomic E-state index is -0.464. The van der Waals surface area contributed by atoms with E-state index in [0.717, 1.165) is 11.1 Å². The van der Waals surface area contributed by atoms with Crippen molar-refractivity contribution in [1.82, 2.24) is 4.90 Å². The molecule has 3 aromatic rings. The lowest BCUT2D eigenvalue weighted by atomic mass is 9.93. The lowest BCUT2D eigenvalue weighted by Gasteiger charge is -2.26. The van der Waals surface area contributed by atoms with Gasteiger partial charge in [-0.05, 0) is 47.5 Å². The summed E-state index contributed by atoms with van der Waals surface area (Å²) in [4.78, 5) is 38.8. The van der Waals surface area contributed by atoms with Crippen LogP contribution in [0.1, 0.15) is 37.9 Å². The summed E-state index contributed by atoms with van der Waals surface area (Å²) < 4.78 is 18.8. The van der Waals surface area contributed by atoms with E-state index >= 15 is 0 Å². The summed E-state index contributed by atoms with van der Waals surface area (Å²) in [6.45, 7) is -0.207. The molecule has 0 saturated carbocycles. The number of halogens is 1. The first kappa shape index (κ1) is 21.2. The van der Waals surface area contributed by atoms with Crippen molar-refractivity contribution in [2.45, 2.75) is 12.5 Å². The number of nitrogens with one attached hydrogen (secondary N) is 1. The number of hydrogen-bond acceptors (Lipinski definition) is 4. The molecular formula is C25H21FN2O4. The number of hydrogen-bond donors (Lipinski definition) is 1. The van der Waals surface area contributed by atoms with Crippen molar-refractivity contribution in [2.24, 2.45) is 0 Å². The number of likely N-dealkylation sites (N-methyl/N-ethyl adjacent to an activating group) is 1. The van der Waals surface area contributed by atoms with Crippen LogP contribution in [-0.4, -0.2) is 36.3 Å². The maximum atomic E-state index is 13.3. The Kier molecular flexibility index (Phi) is 5.98. The number of rotatable bonds is 5. The van der Waals surface area contributed by atoms with Crippen molar-refractivity contribution < 1.29 is 23.5 Å². The molecule has 4 rings (SSSR count). The summed E-state index contributed by atoms with van der Waals surface area (Å²) >= 11 is 0. The third-order valence-electron chi connectivity index (χ3n) is 5.23. The van der Waals surface area contributed by atoms with E-state index in [1.807, 2.05) is 30.3 Å². The maximum absolute atomic E-state index is 13.3. The molecule has 1 heterocycles. The fourth-order valence-corrected chi connectivity index (χ4v) is 3.66. The second-order valence-corrected chi connectivity index (χ2v) is 7.60. The Labute approximate surface area is 184 Å². The number of ether oxygens (including phenoxy) is 1. The molecule has 0 fully saturated rings. The van der Waals surface area contributed by atoms with Crippen molar-refractivity contribution in [1.29, 1.82) is 0 Å². The highest BCUT2D eigenvalue weighted by Gasteiger charge is 2.28. The van der Waals surface area contributed by atoms with Crippen LogP contribution < -0.4 is 5.32 Å². The summed E-state index contributed by atoms with van der Waals surface area (Å²) in [5.74, 6) is -1.70. The van der Waals surface area contributed by atoms with Crippen LogP contribution in [-0.2, 0) is 16.0 Å². The molecule has 3 aromatic carbocycles. The molecule has 32 heavy (non-hydrogen) atoms. The van der Waals surface area contributed by atoms with Crippen molar-refractivity contribution in [3.8, 4) is 0 Å². The minimum absolute atomic E-state index is 0.207. The lowest BCUT2D eigenvalue weighted by Crippen LogP contribution is -2.35. The number of carbonyl (C=O) groups is 3. The van der Waals surface area contributed by atoms with E-state index in [4.69, 9.17) is 4.74 Å². The van der Waals surface area contributed by atoms with E-state index in [1.54, 1.807) is 24.3 Å². The molecule has 0 saturated heterocycles. The number of cyclic esters (lactones) is 1. The van der Waals surface area contributed by atoms with Crippen LogP contribution >= 0.6 is 0 Å². The second-order valence-electron chi connectivity index (χ2n) is 7.60. The predicted molar refractivity (Wildman–Crippen MR) is 117 cm³/mol. The van der Waals surface area contributed by atoms with E-state index in [2.05, 4.69) is 5.32 Å². The molecule has 1 aliphatic rings. The Balaban J connectivity index is 1.46. The Bertz CT molecular complexity index is 1180. The zero-order valence-electron chi connectivity index (χ0n) is 17.4. The highest BCUT2D eigenvalue weighted by Crippen LogP contribution is 2.31. The summed E-state index contributed by atoms with van der Waals surface area (Å²) in [5, 5.41) is 2.57. The van der Waals surface area contributed by atoms with Gasteiger partial charge in [-0.3, -0.25) is 9.59 Å². The number of amides is 2. The Hall–Kier alpha value is -4.00. The van der Waals surface area contributed by atoms with Crippen LogP contribution in [0.2, 0.25) is 0 Å². The Morgan fingerprint density at radius 3 is 2.59 bits per heavy atom. The average molecular weight is 432 g/mol. The summed E-state index contributed by atoms with van der Waals surface area (Å²) in [6.07, 6.45) is 0.0343. The summed E-state index contributed by atoms with van der Waals surface area (Å²) in [5.41, 5.74) is 2.72. The van der Waals surface area contributed by atoms with Gasteiger partial charge in [-0.25, -0.2) is 9.18 Å². The molecule has 0 aromatic heterocycles. The fraction of sp³-hybridized carbons (Fsp3) is 0.160. The highest BCUT2D eigenvalue weighted by molar-refractivity contribution is 6.00. The standard InChI is InChI=1S/C25H21FN2O4/c1-28(15-23(29)27-20-9-5-8-19(26)14-20)24(30)17-10-11-21-18(12-17)13-22(32-25(21)31)16-6-3-2-4-7-16/h2-12,14,22H,13,15H2,1H3,(H,27,29)/t22-/m1/s1. The van der Waals surface area contributed by atoms with E-state index in [-0.39, 0.29) is 12.5 Å². The van der Waals surface area contributed by atoms with Gasteiger partial charge < -0.3 is 15.0 Å². The molecule has 162 valence electrons. The number of nitrogens with zero attached hydrogens (tertiary/aromatic N) is 1. The fourth-order valence-electron chi connectivity index (χ4n) is 3.66. The third kappa shape index (κ3) is 4.67. The number of anilines is 1. The van der Waals surface area contributed by atoms with Gasteiger partial charge in [0.05, 0.1) is 12.1 Å². The van der Waals surface area contributed by atoms with Crippen molar-refractivity contribution in [2.75, 3.05) is 18.9 Å². The van der Waals surface area contributed by atoms with Gasteiger partial charge in [0.2, 0.25) is 5.91 Å². The quantitative estimate of drug-likeness (QED) is 0.619. The number of fused-ring (bicyclic) bond motifs is 1. The highest BCUT2D eigenvalue weighted by atomic mass is 19.1. The van der Waals surface area contributed by atoms with Gasteiger partial charge in [0, 0.05) is 24.7 Å². The van der Waals surface area contributed by atoms with Crippen LogP contribution in [0.15, 0.2) is 72.8 Å². The minimum Gasteiger partial charge on any atom is -0.454 e. The lowest BCUT2D eigenvalue weighted by molar-refractivity contribution is -0.116. The van der Waals surface area contributed by atoms with E-state index in [0.29, 0.717) is 23.2 Å². The molecule has 0 bridgehead atoms. The van der Waals surface area contributed by atoms with Crippen LogP contribution in [0.25, 0.3) is 0 Å². The first-order valence-corrected chi connectivity index (χ1v) is 10.1. The van der Waals surface area contributed by atoms with Crippen molar-refractivity contribution in [3.05, 3.63) is 101 Å². The zero-order valence-corrected chi connectivity index (χ0v) is 17.4. The van der Waals surface area contributed by atoms with E-state index < -0.39 is 23.8 Å². The molecule has 1 N–H and O–H groups in total. The Morgan fingerprint density at radius 2 is 1.84 bits per heavy atom. The summed E-state index contributed by atoms with van der Waals surface area (Å²) in [6, 6.07) is 19.8. The monoisotopic (exact) mass is 432 g/mol. The van der Waals surface area contributed by atoms with Gasteiger partial charge in [0.1, 0.15) is 11.9 Å². The van der Waals surface area contributed by atoms with Crippen molar-refractivity contribution >= 4 is 23.5 Å². The molecule has 6 nitrogen and oxygen atoms in total. The van der Waals surface area contributed by atoms with E-state index in [9.17, 15) is 18.8 Å². The summed E-state index contributed by atoms with van der Waals surface area (Å²) in [7, 11) is 1.51. The smallest absolute Gasteiger partial charge is 0.339 e. The second kappa shape index (κ2) is 9.01. The van der Waals surface area contributed by atoms with Gasteiger partial charge in [-0.15, -0.1) is 0 Å². The number of benzene rings is 3. The molecule has 1 aliphatic heterocycles. The molecule has 1 atom stereocenters. The third-order valence-corrected chi connectivity index (χ3v) is 5.23. The van der Waals surface area contributed by atoms with Gasteiger partial charge in [-0.1, -0.05) is 36.4 Å². The van der Waals surface area contributed by atoms with Gasteiger partial charge in [-0.2, -0.15) is 0 Å². The van der Waals surface area contributed by atoms with Crippen LogP contribution in [0.4, 0.5) is 10.1 Å². The molecule has 0 aliphatic carbocycles. The van der Waals surface area contributed by atoms with Crippen molar-refractivity contribution in [3.63, 3.8) is 0 Å². The normalized spacial score (nSPS) is 14.8. The first-order chi connectivity index (χ1) is 15.4. The van der Waals surface area contributed by atoms with Crippen LogP contribution in [0, 0.1) is 5.82 Å². The Morgan fingerprint density at radius 1 is 1.06 bits per heavy atom. The van der Waals surface area contributed by atoms with Gasteiger partial charge in [0.25, 0.3) is 5.91 Å². The van der Waals surface area contributed by atoms with E-state index in [1.165, 1.54) is 30.1 Å². The number of carbonyl (C=O) groups excluding carboxylic acids is 3. The maximum Gasteiger partial charge on any atom is 0.339 e. The molecule has 2 amide bonds. The molecule has 7 heteroatoms. The predicted octanol–water partition coefficient (Wildman–Crippen LogP) is 3.99. The largest absolute Gasteiger partial charge is 0.454 e. The van der Waals surface area contributed by atoms with Crippen LogP contribution in [0.5, 0.6) is 0 Å². The average Bonchev–Trinajstić information content (AvgIpc) is 2.78. The SMILES string of the molecule is CN(CC(=O)Nc1cccc(F)c1)C(=O)c1ccc2c(c1)C[C@H](c1ccccc1)OC2=O. The number of esters is 1. The topological polar surface area (TPSA) is 75.7 Å². The van der Waals surface area contributed by atoms with Gasteiger partial charge in [0.15, 0.2) is 0 Å². The molecule has 0 radical (unpaired) electrons. The molecular weight excluding hydrogens is 411 g/mol. The molecule has 0 unspecified atom stereocenters. The van der Waals surface area contributed by atoms with Crippen LogP contribution in [0.3, 0.4) is 0 Å². The zero-order chi connectivity index (χ0) is 22.7. The molecule has 0 spiro atoms. The van der Waals surface area contributed by atoms with Gasteiger partial charge >= 0.3 is 5.97 Å².